The molecule has 3 rings (SSSR count). The van der Waals surface area contributed by atoms with Gasteiger partial charge in [0.1, 0.15) is 11.3 Å². The predicted octanol–water partition coefficient (Wildman–Crippen LogP) is 4.03. The molecular formula is C19H19ClN4O. The Hall–Kier alpha value is -2.66. The molecule has 0 aliphatic heterocycles. The number of imidazole rings is 1. The third-order valence-electron chi connectivity index (χ3n) is 3.94. The molecule has 3 aromatic rings. The van der Waals surface area contributed by atoms with E-state index in [-0.39, 0.29) is 5.91 Å². The number of benzene rings is 1. The van der Waals surface area contributed by atoms with E-state index in [1.54, 1.807) is 29.7 Å². The number of hydrogen-bond acceptors (Lipinski definition) is 3. The molecule has 0 atom stereocenters. The first kappa shape index (κ1) is 17.2. The summed E-state index contributed by atoms with van der Waals surface area (Å²) in [5, 5.41) is 4.75. The Kier molecular flexibility index (Phi) is 5.14. The number of nitrogens with zero attached hydrogens (tertiary/aromatic N) is 3. The van der Waals surface area contributed by atoms with Crippen LogP contribution in [0.3, 0.4) is 0 Å². The fraction of sp³-hybridized carbons (Fsp3) is 0.211. The maximum Gasteiger partial charge on any atom is 0.290 e. The molecule has 0 spiro atoms. The summed E-state index contributed by atoms with van der Waals surface area (Å²) in [6.07, 6.45) is 3.34. The van der Waals surface area contributed by atoms with Crippen molar-refractivity contribution in [2.24, 2.45) is 5.10 Å². The lowest BCUT2D eigenvalue weighted by Crippen LogP contribution is -2.21. The molecule has 0 fully saturated rings. The molecule has 1 N–H and O–H groups in total. The number of hydrogen-bond donors (Lipinski definition) is 1. The molecular weight excluding hydrogens is 336 g/mol. The van der Waals surface area contributed by atoms with E-state index in [2.05, 4.69) is 27.6 Å². The van der Waals surface area contributed by atoms with E-state index >= 15 is 0 Å². The third-order valence-corrected chi connectivity index (χ3v) is 4.16. The van der Waals surface area contributed by atoms with Crippen LogP contribution >= 0.6 is 11.6 Å². The second-order valence-corrected chi connectivity index (χ2v) is 6.33. The van der Waals surface area contributed by atoms with Gasteiger partial charge >= 0.3 is 0 Å². The zero-order valence-electron chi connectivity index (χ0n) is 14.2. The van der Waals surface area contributed by atoms with Gasteiger partial charge in [-0.05, 0) is 44.4 Å². The Morgan fingerprint density at radius 1 is 1.24 bits per heavy atom. The summed E-state index contributed by atoms with van der Waals surface area (Å²) in [6, 6.07) is 13.7. The second-order valence-electron chi connectivity index (χ2n) is 5.89. The molecule has 2 heterocycles. The van der Waals surface area contributed by atoms with Gasteiger partial charge in [0.25, 0.3) is 5.91 Å². The van der Waals surface area contributed by atoms with Crippen LogP contribution in [0.4, 0.5) is 0 Å². The summed E-state index contributed by atoms with van der Waals surface area (Å²) in [7, 11) is 0. The maximum atomic E-state index is 12.5. The Morgan fingerprint density at radius 2 is 2.00 bits per heavy atom. The van der Waals surface area contributed by atoms with Gasteiger partial charge in [-0.15, -0.1) is 0 Å². The summed E-state index contributed by atoms with van der Waals surface area (Å²) < 4.78 is 1.68. The van der Waals surface area contributed by atoms with Gasteiger partial charge in [0, 0.05) is 11.9 Å². The van der Waals surface area contributed by atoms with Crippen molar-refractivity contribution in [3.8, 4) is 0 Å². The lowest BCUT2D eigenvalue weighted by atomic mass is 10.1. The van der Waals surface area contributed by atoms with Crippen LogP contribution in [0.15, 0.2) is 53.8 Å². The number of pyridine rings is 1. The van der Waals surface area contributed by atoms with Crippen LogP contribution in [0, 0.1) is 6.92 Å². The fourth-order valence-corrected chi connectivity index (χ4v) is 2.80. The lowest BCUT2D eigenvalue weighted by molar-refractivity contribution is 0.0948. The number of nitrogens with one attached hydrogen (secondary N) is 1. The zero-order valence-corrected chi connectivity index (χ0v) is 14.9. The molecule has 0 aliphatic carbocycles. The van der Waals surface area contributed by atoms with E-state index in [0.717, 1.165) is 18.6 Å². The van der Waals surface area contributed by atoms with Gasteiger partial charge in [0.05, 0.1) is 10.7 Å². The van der Waals surface area contributed by atoms with Crippen molar-refractivity contribution in [3.63, 3.8) is 0 Å². The van der Waals surface area contributed by atoms with Crippen molar-refractivity contribution in [2.75, 3.05) is 0 Å². The van der Waals surface area contributed by atoms with Crippen molar-refractivity contribution in [3.05, 3.63) is 70.6 Å². The van der Waals surface area contributed by atoms with E-state index in [9.17, 15) is 4.79 Å². The average molecular weight is 355 g/mol. The SMILES string of the molecule is C/C(CCc1ccccc1)=N/NC(=O)c1c(C)nc2ccc(Cl)cn12. The van der Waals surface area contributed by atoms with Gasteiger partial charge in [-0.1, -0.05) is 41.9 Å². The van der Waals surface area contributed by atoms with E-state index in [1.807, 2.05) is 25.1 Å². The monoisotopic (exact) mass is 354 g/mol. The number of halogens is 1. The number of fused-ring (bicyclic) bond motifs is 1. The van der Waals surface area contributed by atoms with E-state index < -0.39 is 0 Å². The van der Waals surface area contributed by atoms with Crippen molar-refractivity contribution < 1.29 is 4.79 Å². The highest BCUT2D eigenvalue weighted by Crippen LogP contribution is 2.16. The molecule has 1 aromatic carbocycles. The van der Waals surface area contributed by atoms with Crippen LogP contribution in [0.25, 0.3) is 5.65 Å². The van der Waals surface area contributed by atoms with Crippen LogP contribution in [0.2, 0.25) is 5.02 Å². The molecule has 0 radical (unpaired) electrons. The van der Waals surface area contributed by atoms with Crippen LogP contribution in [0.5, 0.6) is 0 Å². The molecule has 6 heteroatoms. The van der Waals surface area contributed by atoms with Gasteiger partial charge in [-0.2, -0.15) is 5.10 Å². The van der Waals surface area contributed by atoms with Crippen molar-refractivity contribution in [2.45, 2.75) is 26.7 Å². The van der Waals surface area contributed by atoms with Crippen molar-refractivity contribution in [1.82, 2.24) is 14.8 Å². The number of carbonyl (C=O) groups excluding carboxylic acids is 1. The molecule has 128 valence electrons. The van der Waals surface area contributed by atoms with Crippen LogP contribution in [-0.4, -0.2) is 21.0 Å². The molecule has 25 heavy (non-hydrogen) atoms. The minimum Gasteiger partial charge on any atom is -0.294 e. The molecule has 2 aromatic heterocycles. The van der Waals surface area contributed by atoms with Gasteiger partial charge in [-0.3, -0.25) is 9.20 Å². The summed E-state index contributed by atoms with van der Waals surface area (Å²) >= 11 is 6.02. The number of rotatable bonds is 5. The van der Waals surface area contributed by atoms with Crippen LogP contribution in [-0.2, 0) is 6.42 Å². The Balaban J connectivity index is 1.70. The van der Waals surface area contributed by atoms with E-state index in [4.69, 9.17) is 11.6 Å². The number of hydrazone groups is 1. The minimum atomic E-state index is -0.300. The van der Waals surface area contributed by atoms with Crippen LogP contribution < -0.4 is 5.43 Å². The number of aromatic nitrogens is 2. The first-order chi connectivity index (χ1) is 12.0. The normalized spacial score (nSPS) is 11.7. The summed E-state index contributed by atoms with van der Waals surface area (Å²) in [5.74, 6) is -0.300. The quantitative estimate of drug-likeness (QED) is 0.555. The standard InChI is InChI=1S/C19H19ClN4O/c1-13(8-9-15-6-4-3-5-7-15)22-23-19(25)18-14(2)21-17-11-10-16(20)12-24(17)18/h3-7,10-12H,8-9H2,1-2H3,(H,23,25)/b22-13-. The molecule has 0 saturated heterocycles. The highest BCUT2D eigenvalue weighted by molar-refractivity contribution is 6.30. The summed E-state index contributed by atoms with van der Waals surface area (Å²) in [4.78, 5) is 16.9. The van der Waals surface area contributed by atoms with Gasteiger partial charge in [-0.25, -0.2) is 10.4 Å². The van der Waals surface area contributed by atoms with Gasteiger partial charge in [0.2, 0.25) is 0 Å². The predicted molar refractivity (Wildman–Crippen MR) is 100 cm³/mol. The van der Waals surface area contributed by atoms with Crippen molar-refractivity contribution >= 4 is 28.9 Å². The van der Waals surface area contributed by atoms with Gasteiger partial charge in [0.15, 0.2) is 0 Å². The minimum absolute atomic E-state index is 0.300. The molecule has 0 saturated carbocycles. The molecule has 0 unspecified atom stereocenters. The summed E-state index contributed by atoms with van der Waals surface area (Å²) in [5.41, 5.74) is 6.48. The second kappa shape index (κ2) is 7.49. The maximum absolute atomic E-state index is 12.5. The lowest BCUT2D eigenvalue weighted by Gasteiger charge is -2.04. The topological polar surface area (TPSA) is 58.8 Å². The zero-order chi connectivity index (χ0) is 17.8. The fourth-order valence-electron chi connectivity index (χ4n) is 2.63. The van der Waals surface area contributed by atoms with E-state index in [1.165, 1.54) is 5.56 Å². The van der Waals surface area contributed by atoms with Crippen molar-refractivity contribution in [1.29, 1.82) is 0 Å². The van der Waals surface area contributed by atoms with E-state index in [0.29, 0.717) is 22.1 Å². The van der Waals surface area contributed by atoms with Gasteiger partial charge < -0.3 is 0 Å². The highest BCUT2D eigenvalue weighted by Gasteiger charge is 2.16. The molecule has 5 nitrogen and oxygen atoms in total. The number of carbonyl (C=O) groups is 1. The van der Waals surface area contributed by atoms with Crippen LogP contribution in [0.1, 0.15) is 35.1 Å². The molecule has 0 aliphatic rings. The summed E-state index contributed by atoms with van der Waals surface area (Å²) in [6.45, 7) is 3.70. The number of aryl methyl sites for hydroxylation is 2. The Morgan fingerprint density at radius 3 is 2.76 bits per heavy atom. The largest absolute Gasteiger partial charge is 0.294 e. The smallest absolute Gasteiger partial charge is 0.290 e. The first-order valence-electron chi connectivity index (χ1n) is 8.06. The molecule has 0 bridgehead atoms. The average Bonchev–Trinajstić information content (AvgIpc) is 2.94. The Bertz CT molecular complexity index is 931. The molecule has 1 amide bonds. The Labute approximate surface area is 151 Å². The first-order valence-corrected chi connectivity index (χ1v) is 8.44. The third kappa shape index (κ3) is 4.06. The highest BCUT2D eigenvalue weighted by atomic mass is 35.5. The number of amides is 1.